The maximum atomic E-state index is 11.9. The monoisotopic (exact) mass is 203 g/mol. The number of likely N-dealkylation sites (tertiary alicyclic amines) is 1. The summed E-state index contributed by atoms with van der Waals surface area (Å²) in [6, 6.07) is 0. The molecule has 1 heterocycles. The van der Waals surface area contributed by atoms with Gasteiger partial charge in [0.05, 0.1) is 6.67 Å². The number of carbonyl (C=O) groups is 1. The number of hydrogen-bond acceptors (Lipinski definition) is 2. The van der Waals surface area contributed by atoms with Crippen molar-refractivity contribution in [3.63, 3.8) is 0 Å². The van der Waals surface area contributed by atoms with Crippen LogP contribution in [0, 0.1) is 5.92 Å². The summed E-state index contributed by atoms with van der Waals surface area (Å²) in [6.07, 6.45) is 2.78. The lowest BCUT2D eigenvalue weighted by molar-refractivity contribution is -0.138. The third kappa shape index (κ3) is 4.05. The van der Waals surface area contributed by atoms with Gasteiger partial charge in [-0.3, -0.25) is 9.18 Å². The molecule has 1 aliphatic heterocycles. The Morgan fingerprint density at radius 3 is 2.57 bits per heavy atom. The maximum Gasteiger partial charge on any atom is 0.303 e. The van der Waals surface area contributed by atoms with Crippen molar-refractivity contribution in [2.45, 2.75) is 25.7 Å². The van der Waals surface area contributed by atoms with Gasteiger partial charge in [-0.15, -0.1) is 0 Å². The molecule has 0 aromatic rings. The van der Waals surface area contributed by atoms with Crippen molar-refractivity contribution < 1.29 is 14.3 Å². The number of carboxylic acid groups (broad SMARTS) is 1. The number of carboxylic acids is 1. The Bertz CT molecular complexity index is 179. The third-order valence-electron chi connectivity index (χ3n) is 2.78. The van der Waals surface area contributed by atoms with E-state index >= 15 is 0 Å². The van der Waals surface area contributed by atoms with Gasteiger partial charge in [0.15, 0.2) is 0 Å². The molecule has 0 saturated carbocycles. The highest BCUT2D eigenvalue weighted by atomic mass is 19.1. The second-order valence-corrected chi connectivity index (χ2v) is 3.93. The van der Waals surface area contributed by atoms with E-state index in [0.717, 1.165) is 32.5 Å². The van der Waals surface area contributed by atoms with Crippen LogP contribution in [0.25, 0.3) is 0 Å². The Morgan fingerprint density at radius 1 is 1.43 bits per heavy atom. The maximum absolute atomic E-state index is 11.9. The fourth-order valence-electron chi connectivity index (χ4n) is 1.94. The molecule has 0 spiro atoms. The molecule has 0 aliphatic carbocycles. The predicted octanol–water partition coefficient (Wildman–Crippen LogP) is 1.53. The third-order valence-corrected chi connectivity index (χ3v) is 2.78. The summed E-state index contributed by atoms with van der Waals surface area (Å²) in [5.74, 6) is -0.374. The van der Waals surface area contributed by atoms with Crippen LogP contribution in [0.2, 0.25) is 0 Å². The quantitative estimate of drug-likeness (QED) is 0.736. The summed E-state index contributed by atoms with van der Waals surface area (Å²) in [4.78, 5) is 12.7. The average molecular weight is 203 g/mol. The van der Waals surface area contributed by atoms with E-state index in [2.05, 4.69) is 4.90 Å². The first-order chi connectivity index (χ1) is 6.72. The van der Waals surface area contributed by atoms with Crippen LogP contribution in [-0.2, 0) is 4.79 Å². The molecular formula is C10H18FNO2. The van der Waals surface area contributed by atoms with Gasteiger partial charge in [-0.25, -0.2) is 0 Å². The van der Waals surface area contributed by atoms with Gasteiger partial charge in [-0.2, -0.15) is 0 Å². The Balaban J connectivity index is 2.14. The fourth-order valence-corrected chi connectivity index (χ4v) is 1.94. The first kappa shape index (κ1) is 11.4. The van der Waals surface area contributed by atoms with E-state index in [9.17, 15) is 9.18 Å². The smallest absolute Gasteiger partial charge is 0.303 e. The van der Waals surface area contributed by atoms with E-state index in [1.165, 1.54) is 0 Å². The molecule has 0 unspecified atom stereocenters. The summed E-state index contributed by atoms with van der Waals surface area (Å²) in [5, 5.41) is 8.61. The van der Waals surface area contributed by atoms with Crippen molar-refractivity contribution in [3.8, 4) is 0 Å². The molecule has 82 valence electrons. The van der Waals surface area contributed by atoms with Crippen molar-refractivity contribution >= 4 is 5.97 Å². The SMILES string of the molecule is O=C(O)CC1CCN(CCCF)CC1. The van der Waals surface area contributed by atoms with Crippen molar-refractivity contribution in [2.75, 3.05) is 26.3 Å². The van der Waals surface area contributed by atoms with Crippen molar-refractivity contribution in [1.82, 2.24) is 4.90 Å². The standard InChI is InChI=1S/C10H18FNO2/c11-4-1-5-12-6-2-9(3-7-12)8-10(13)14/h9H,1-8H2,(H,13,14). The summed E-state index contributed by atoms with van der Waals surface area (Å²) in [7, 11) is 0. The van der Waals surface area contributed by atoms with Crippen molar-refractivity contribution in [1.29, 1.82) is 0 Å². The number of piperidine rings is 1. The highest BCUT2D eigenvalue weighted by Gasteiger charge is 2.20. The van der Waals surface area contributed by atoms with E-state index in [1.807, 2.05) is 0 Å². The van der Waals surface area contributed by atoms with Crippen LogP contribution in [0.5, 0.6) is 0 Å². The van der Waals surface area contributed by atoms with Gasteiger partial charge >= 0.3 is 5.97 Å². The number of nitrogens with zero attached hydrogens (tertiary/aromatic N) is 1. The van der Waals surface area contributed by atoms with Crippen LogP contribution < -0.4 is 0 Å². The molecule has 3 nitrogen and oxygen atoms in total. The Kier molecular flexibility index (Phi) is 4.87. The molecule has 4 heteroatoms. The summed E-state index contributed by atoms with van der Waals surface area (Å²) in [5.41, 5.74) is 0. The van der Waals surface area contributed by atoms with Gasteiger partial charge in [0, 0.05) is 13.0 Å². The van der Waals surface area contributed by atoms with E-state index < -0.39 is 5.97 Å². The molecule has 1 N–H and O–H groups in total. The molecule has 1 saturated heterocycles. The summed E-state index contributed by atoms with van der Waals surface area (Å²) in [6.45, 7) is 2.42. The molecule has 1 fully saturated rings. The predicted molar refractivity (Wildman–Crippen MR) is 52.0 cm³/mol. The number of aliphatic carboxylic acids is 1. The fraction of sp³-hybridized carbons (Fsp3) is 0.900. The molecule has 0 radical (unpaired) electrons. The van der Waals surface area contributed by atoms with Crippen LogP contribution >= 0.6 is 0 Å². The zero-order valence-electron chi connectivity index (χ0n) is 8.41. The lowest BCUT2D eigenvalue weighted by Gasteiger charge is -2.30. The van der Waals surface area contributed by atoms with Gasteiger partial charge < -0.3 is 10.0 Å². The summed E-state index contributed by atoms with van der Waals surface area (Å²) >= 11 is 0. The summed E-state index contributed by atoms with van der Waals surface area (Å²) < 4.78 is 11.9. The van der Waals surface area contributed by atoms with E-state index in [0.29, 0.717) is 12.3 Å². The Morgan fingerprint density at radius 2 is 2.07 bits per heavy atom. The minimum Gasteiger partial charge on any atom is -0.481 e. The number of hydrogen-bond donors (Lipinski definition) is 1. The first-order valence-electron chi connectivity index (χ1n) is 5.22. The molecule has 1 rings (SSSR count). The lowest BCUT2D eigenvalue weighted by atomic mass is 9.93. The van der Waals surface area contributed by atoms with Crippen LogP contribution in [0.4, 0.5) is 4.39 Å². The first-order valence-corrected chi connectivity index (χ1v) is 5.22. The largest absolute Gasteiger partial charge is 0.481 e. The second-order valence-electron chi connectivity index (χ2n) is 3.93. The highest BCUT2D eigenvalue weighted by Crippen LogP contribution is 2.20. The van der Waals surface area contributed by atoms with Gasteiger partial charge in [0.2, 0.25) is 0 Å². The normalized spacial score (nSPS) is 19.8. The number of alkyl halides is 1. The van der Waals surface area contributed by atoms with Crippen LogP contribution in [0.3, 0.4) is 0 Å². The van der Waals surface area contributed by atoms with Gasteiger partial charge in [0.25, 0.3) is 0 Å². The van der Waals surface area contributed by atoms with Gasteiger partial charge in [-0.1, -0.05) is 0 Å². The van der Waals surface area contributed by atoms with Crippen LogP contribution in [0.1, 0.15) is 25.7 Å². The molecule has 0 aromatic heterocycles. The molecule has 0 amide bonds. The molecule has 0 atom stereocenters. The minimum atomic E-state index is -0.702. The Hall–Kier alpha value is -0.640. The zero-order valence-corrected chi connectivity index (χ0v) is 8.41. The molecule has 14 heavy (non-hydrogen) atoms. The number of halogens is 1. The van der Waals surface area contributed by atoms with E-state index in [1.54, 1.807) is 0 Å². The average Bonchev–Trinajstić information content (AvgIpc) is 2.16. The van der Waals surface area contributed by atoms with Gasteiger partial charge in [0.1, 0.15) is 0 Å². The van der Waals surface area contributed by atoms with E-state index in [-0.39, 0.29) is 13.1 Å². The van der Waals surface area contributed by atoms with Crippen LogP contribution in [-0.4, -0.2) is 42.3 Å². The molecule has 0 bridgehead atoms. The second kappa shape index (κ2) is 5.96. The van der Waals surface area contributed by atoms with Gasteiger partial charge in [-0.05, 0) is 38.3 Å². The lowest BCUT2D eigenvalue weighted by Crippen LogP contribution is -2.35. The molecule has 0 aromatic carbocycles. The molecule has 1 aliphatic rings. The molecular weight excluding hydrogens is 185 g/mol. The van der Waals surface area contributed by atoms with Crippen molar-refractivity contribution in [2.24, 2.45) is 5.92 Å². The minimum absolute atomic E-state index is 0.255. The number of rotatable bonds is 5. The Labute approximate surface area is 83.9 Å². The zero-order chi connectivity index (χ0) is 10.4. The van der Waals surface area contributed by atoms with E-state index in [4.69, 9.17) is 5.11 Å². The highest BCUT2D eigenvalue weighted by molar-refractivity contribution is 5.67. The van der Waals surface area contributed by atoms with Crippen molar-refractivity contribution in [3.05, 3.63) is 0 Å². The van der Waals surface area contributed by atoms with Crippen LogP contribution in [0.15, 0.2) is 0 Å². The topological polar surface area (TPSA) is 40.5 Å².